The second-order valence-electron chi connectivity index (χ2n) is 5.21. The Morgan fingerprint density at radius 2 is 2.11 bits per heavy atom. The lowest BCUT2D eigenvalue weighted by Crippen LogP contribution is -2.63. The van der Waals surface area contributed by atoms with Crippen LogP contribution in [-0.4, -0.2) is 35.3 Å². The predicted molar refractivity (Wildman–Crippen MR) is 77.0 cm³/mol. The molecule has 0 bridgehead atoms. The van der Waals surface area contributed by atoms with Crippen molar-refractivity contribution in [3.8, 4) is 0 Å². The van der Waals surface area contributed by atoms with E-state index in [1.165, 1.54) is 0 Å². The number of aryl methyl sites for hydroxylation is 1. The second kappa shape index (κ2) is 4.96. The lowest BCUT2D eigenvalue weighted by Gasteiger charge is -2.41. The second-order valence-corrected chi connectivity index (χ2v) is 6.00. The summed E-state index contributed by atoms with van der Waals surface area (Å²) >= 11 is 3.45. The van der Waals surface area contributed by atoms with Crippen molar-refractivity contribution in [2.24, 2.45) is 0 Å². The topological polar surface area (TPSA) is 49.4 Å². The highest BCUT2D eigenvalue weighted by Gasteiger charge is 2.41. The molecule has 0 aliphatic carbocycles. The van der Waals surface area contributed by atoms with Gasteiger partial charge in [-0.2, -0.15) is 0 Å². The molecule has 1 fully saturated rings. The van der Waals surface area contributed by atoms with Gasteiger partial charge in [0.25, 0.3) is 5.91 Å². The van der Waals surface area contributed by atoms with Crippen LogP contribution in [-0.2, 0) is 4.79 Å². The standard InChI is InChI=1S/C14H17BrN2O2/c1-9-5-4-6-10(11(9)15)12(18)17-8-7-16-13(19)14(17,2)3/h4-6H,7-8H2,1-3H3,(H,16,19). The Kier molecular flexibility index (Phi) is 3.67. The van der Waals surface area contributed by atoms with Crippen molar-refractivity contribution in [1.82, 2.24) is 10.2 Å². The average molecular weight is 325 g/mol. The van der Waals surface area contributed by atoms with E-state index in [2.05, 4.69) is 21.2 Å². The molecule has 19 heavy (non-hydrogen) atoms. The van der Waals surface area contributed by atoms with Gasteiger partial charge in [0.05, 0.1) is 5.56 Å². The van der Waals surface area contributed by atoms with Crippen molar-refractivity contribution in [1.29, 1.82) is 0 Å². The van der Waals surface area contributed by atoms with Crippen LogP contribution in [0.1, 0.15) is 29.8 Å². The van der Waals surface area contributed by atoms with E-state index in [9.17, 15) is 9.59 Å². The third-order valence-electron chi connectivity index (χ3n) is 3.52. The molecule has 1 aliphatic rings. The van der Waals surface area contributed by atoms with Crippen molar-refractivity contribution in [3.05, 3.63) is 33.8 Å². The third-order valence-corrected chi connectivity index (χ3v) is 4.57. The highest BCUT2D eigenvalue weighted by atomic mass is 79.9. The van der Waals surface area contributed by atoms with Gasteiger partial charge in [0.2, 0.25) is 5.91 Å². The first-order chi connectivity index (χ1) is 8.85. The summed E-state index contributed by atoms with van der Waals surface area (Å²) in [5, 5.41) is 2.79. The molecule has 0 saturated carbocycles. The Morgan fingerprint density at radius 3 is 2.79 bits per heavy atom. The summed E-state index contributed by atoms with van der Waals surface area (Å²) in [6, 6.07) is 5.57. The third kappa shape index (κ3) is 2.39. The molecule has 0 radical (unpaired) electrons. The van der Waals surface area contributed by atoms with Crippen molar-refractivity contribution >= 4 is 27.7 Å². The van der Waals surface area contributed by atoms with E-state index in [4.69, 9.17) is 0 Å². The summed E-state index contributed by atoms with van der Waals surface area (Å²) < 4.78 is 0.793. The van der Waals surface area contributed by atoms with Gasteiger partial charge in [-0.1, -0.05) is 12.1 Å². The maximum Gasteiger partial charge on any atom is 0.255 e. The van der Waals surface area contributed by atoms with Crippen LogP contribution in [0.2, 0.25) is 0 Å². The fourth-order valence-corrected chi connectivity index (χ4v) is 2.65. The summed E-state index contributed by atoms with van der Waals surface area (Å²) in [6.45, 7) is 6.50. The first-order valence-electron chi connectivity index (χ1n) is 6.21. The van der Waals surface area contributed by atoms with E-state index in [0.717, 1.165) is 10.0 Å². The monoisotopic (exact) mass is 324 g/mol. The minimum Gasteiger partial charge on any atom is -0.352 e. The van der Waals surface area contributed by atoms with Gasteiger partial charge in [0.15, 0.2) is 0 Å². The Balaban J connectivity index is 2.38. The number of carbonyl (C=O) groups is 2. The van der Waals surface area contributed by atoms with Gasteiger partial charge in [-0.15, -0.1) is 0 Å². The Bertz CT molecular complexity index is 540. The molecule has 1 aromatic carbocycles. The zero-order chi connectivity index (χ0) is 14.2. The number of hydrogen-bond donors (Lipinski definition) is 1. The van der Waals surface area contributed by atoms with Crippen LogP contribution in [0, 0.1) is 6.92 Å². The first-order valence-corrected chi connectivity index (χ1v) is 7.00. The van der Waals surface area contributed by atoms with Crippen molar-refractivity contribution in [2.75, 3.05) is 13.1 Å². The van der Waals surface area contributed by atoms with E-state index in [1.807, 2.05) is 19.1 Å². The van der Waals surface area contributed by atoms with Gasteiger partial charge < -0.3 is 10.2 Å². The number of rotatable bonds is 1. The molecule has 0 unspecified atom stereocenters. The maximum atomic E-state index is 12.6. The minimum absolute atomic E-state index is 0.115. The molecule has 102 valence electrons. The van der Waals surface area contributed by atoms with Gasteiger partial charge >= 0.3 is 0 Å². The molecule has 0 spiro atoms. The normalized spacial score (nSPS) is 18.1. The minimum atomic E-state index is -0.821. The molecule has 1 heterocycles. The Hall–Kier alpha value is -1.36. The fourth-order valence-electron chi connectivity index (χ4n) is 2.21. The molecule has 5 heteroatoms. The number of piperazine rings is 1. The zero-order valence-corrected chi connectivity index (χ0v) is 12.9. The van der Waals surface area contributed by atoms with Crippen LogP contribution >= 0.6 is 15.9 Å². The smallest absolute Gasteiger partial charge is 0.255 e. The fraction of sp³-hybridized carbons (Fsp3) is 0.429. The number of carbonyl (C=O) groups excluding carboxylic acids is 2. The summed E-state index contributed by atoms with van der Waals surface area (Å²) in [5.41, 5.74) is 0.784. The SMILES string of the molecule is Cc1cccc(C(=O)N2CCNC(=O)C2(C)C)c1Br. The molecule has 4 nitrogen and oxygen atoms in total. The molecular weight excluding hydrogens is 308 g/mol. The molecule has 1 aromatic rings. The van der Waals surface area contributed by atoms with Gasteiger partial charge in [-0.05, 0) is 48.3 Å². The van der Waals surface area contributed by atoms with E-state index in [0.29, 0.717) is 18.7 Å². The highest BCUT2D eigenvalue weighted by molar-refractivity contribution is 9.10. The van der Waals surface area contributed by atoms with Crippen molar-refractivity contribution in [2.45, 2.75) is 26.3 Å². The van der Waals surface area contributed by atoms with Gasteiger partial charge in [0.1, 0.15) is 5.54 Å². The largest absolute Gasteiger partial charge is 0.352 e. The predicted octanol–water partition coefficient (Wildman–Crippen LogP) is 2.11. The van der Waals surface area contributed by atoms with Crippen molar-refractivity contribution < 1.29 is 9.59 Å². The highest BCUT2D eigenvalue weighted by Crippen LogP contribution is 2.26. The number of nitrogens with zero attached hydrogens (tertiary/aromatic N) is 1. The summed E-state index contributed by atoms with van der Waals surface area (Å²) in [5.74, 6) is -0.230. The van der Waals surface area contributed by atoms with Crippen LogP contribution < -0.4 is 5.32 Å². The Morgan fingerprint density at radius 1 is 1.42 bits per heavy atom. The van der Waals surface area contributed by atoms with Crippen LogP contribution in [0.3, 0.4) is 0 Å². The van der Waals surface area contributed by atoms with Crippen molar-refractivity contribution in [3.63, 3.8) is 0 Å². The molecule has 2 rings (SSSR count). The molecule has 1 saturated heterocycles. The molecular formula is C14H17BrN2O2. The number of benzene rings is 1. The van der Waals surface area contributed by atoms with Crippen LogP contribution in [0.15, 0.2) is 22.7 Å². The Labute approximate surface area is 121 Å². The van der Waals surface area contributed by atoms with Gasteiger partial charge in [0, 0.05) is 17.6 Å². The van der Waals surface area contributed by atoms with E-state index in [-0.39, 0.29) is 11.8 Å². The first kappa shape index (κ1) is 14.1. The molecule has 1 aliphatic heterocycles. The van der Waals surface area contributed by atoms with Gasteiger partial charge in [-0.25, -0.2) is 0 Å². The molecule has 1 N–H and O–H groups in total. The van der Waals surface area contributed by atoms with E-state index < -0.39 is 5.54 Å². The summed E-state index contributed by atoms with van der Waals surface area (Å²) in [7, 11) is 0. The molecule has 0 atom stereocenters. The molecule has 2 amide bonds. The van der Waals surface area contributed by atoms with Crippen LogP contribution in [0.25, 0.3) is 0 Å². The quantitative estimate of drug-likeness (QED) is 0.860. The number of hydrogen-bond acceptors (Lipinski definition) is 2. The number of amides is 2. The average Bonchev–Trinajstić information content (AvgIpc) is 2.35. The lowest BCUT2D eigenvalue weighted by atomic mass is 9.97. The van der Waals surface area contributed by atoms with Gasteiger partial charge in [-0.3, -0.25) is 9.59 Å². The maximum absolute atomic E-state index is 12.6. The summed E-state index contributed by atoms with van der Waals surface area (Å²) in [6.07, 6.45) is 0. The lowest BCUT2D eigenvalue weighted by molar-refractivity contribution is -0.133. The van der Waals surface area contributed by atoms with Crippen LogP contribution in [0.5, 0.6) is 0 Å². The number of nitrogens with one attached hydrogen (secondary N) is 1. The number of halogens is 1. The molecule has 0 aromatic heterocycles. The van der Waals surface area contributed by atoms with E-state index >= 15 is 0 Å². The zero-order valence-electron chi connectivity index (χ0n) is 11.3. The van der Waals surface area contributed by atoms with E-state index in [1.54, 1.807) is 24.8 Å². The summed E-state index contributed by atoms with van der Waals surface area (Å²) in [4.78, 5) is 26.2. The van der Waals surface area contributed by atoms with Crippen LogP contribution in [0.4, 0.5) is 0 Å².